The number of thiazole rings is 1. The van der Waals surface area contributed by atoms with Crippen molar-refractivity contribution < 1.29 is 4.79 Å². The van der Waals surface area contributed by atoms with Crippen LogP contribution < -0.4 is 5.32 Å². The molecular formula is C18H15N7OS. The molecule has 0 aliphatic carbocycles. The second-order valence-electron chi connectivity index (χ2n) is 5.63. The molecule has 0 spiro atoms. The summed E-state index contributed by atoms with van der Waals surface area (Å²) in [4.78, 5) is 30.3. The third kappa shape index (κ3) is 3.58. The summed E-state index contributed by atoms with van der Waals surface area (Å²) in [7, 11) is 0. The Morgan fingerprint density at radius 3 is 2.70 bits per heavy atom. The number of pyridine rings is 1. The predicted molar refractivity (Wildman–Crippen MR) is 100 cm³/mol. The maximum Gasteiger partial charge on any atom is 0.263 e. The van der Waals surface area contributed by atoms with Crippen molar-refractivity contribution in [1.82, 2.24) is 35.0 Å². The summed E-state index contributed by atoms with van der Waals surface area (Å²) in [6.07, 6.45) is 8.50. The maximum atomic E-state index is 12.7. The Kier molecular flexibility index (Phi) is 4.67. The molecule has 0 bridgehead atoms. The van der Waals surface area contributed by atoms with E-state index in [9.17, 15) is 4.79 Å². The van der Waals surface area contributed by atoms with Gasteiger partial charge in [0.1, 0.15) is 4.88 Å². The van der Waals surface area contributed by atoms with E-state index in [1.165, 1.54) is 11.3 Å². The van der Waals surface area contributed by atoms with Crippen LogP contribution in [-0.2, 0) is 6.54 Å². The van der Waals surface area contributed by atoms with Crippen molar-refractivity contribution in [3.8, 4) is 16.6 Å². The number of nitrogens with one attached hydrogen (secondary N) is 1. The number of hydrogen-bond acceptors (Lipinski definition) is 7. The first-order chi connectivity index (χ1) is 13.2. The average Bonchev–Trinajstić information content (AvgIpc) is 3.37. The average molecular weight is 377 g/mol. The fourth-order valence-electron chi connectivity index (χ4n) is 2.54. The van der Waals surface area contributed by atoms with Crippen molar-refractivity contribution in [2.75, 3.05) is 0 Å². The van der Waals surface area contributed by atoms with Gasteiger partial charge in [0.2, 0.25) is 0 Å². The van der Waals surface area contributed by atoms with Crippen LogP contribution in [0.25, 0.3) is 16.6 Å². The molecule has 1 amide bonds. The Morgan fingerprint density at radius 2 is 1.93 bits per heavy atom. The van der Waals surface area contributed by atoms with Gasteiger partial charge in [-0.2, -0.15) is 5.10 Å². The van der Waals surface area contributed by atoms with Crippen LogP contribution in [0.4, 0.5) is 0 Å². The molecule has 0 fully saturated rings. The quantitative estimate of drug-likeness (QED) is 0.573. The molecule has 0 saturated carbocycles. The van der Waals surface area contributed by atoms with E-state index in [-0.39, 0.29) is 5.91 Å². The normalized spacial score (nSPS) is 10.7. The molecule has 0 saturated heterocycles. The van der Waals surface area contributed by atoms with Crippen LogP contribution in [0.1, 0.15) is 20.9 Å². The summed E-state index contributed by atoms with van der Waals surface area (Å²) in [5.41, 5.74) is 1.52. The minimum Gasteiger partial charge on any atom is -0.347 e. The van der Waals surface area contributed by atoms with Crippen LogP contribution in [0, 0.1) is 6.92 Å². The highest BCUT2D eigenvalue weighted by molar-refractivity contribution is 7.17. The Balaban J connectivity index is 1.52. The monoisotopic (exact) mass is 377 g/mol. The van der Waals surface area contributed by atoms with Crippen LogP contribution in [0.2, 0.25) is 0 Å². The smallest absolute Gasteiger partial charge is 0.263 e. The SMILES string of the molecule is Cc1nc(-c2ncccn2)sc1C(=O)NCc1cccnc1-n1cccn1. The standard InChI is InChI=1S/C18H15N7OS/c1-12-14(27-18(24-12)15-19-7-3-8-20-15)17(26)22-11-13-5-2-6-21-16(13)25-10-4-9-23-25/h2-10H,11H2,1H3,(H,22,26). The van der Waals surface area contributed by atoms with Gasteiger partial charge >= 0.3 is 0 Å². The van der Waals surface area contributed by atoms with Crippen LogP contribution in [0.3, 0.4) is 0 Å². The fraction of sp³-hybridized carbons (Fsp3) is 0.111. The molecule has 9 heteroatoms. The van der Waals surface area contributed by atoms with E-state index in [0.717, 1.165) is 5.56 Å². The Morgan fingerprint density at radius 1 is 1.11 bits per heavy atom. The number of nitrogens with zero attached hydrogens (tertiary/aromatic N) is 6. The molecule has 0 radical (unpaired) electrons. The minimum absolute atomic E-state index is 0.192. The van der Waals surface area contributed by atoms with E-state index in [4.69, 9.17) is 0 Å². The van der Waals surface area contributed by atoms with Crippen molar-refractivity contribution in [2.24, 2.45) is 0 Å². The number of amides is 1. The first-order valence-corrected chi connectivity index (χ1v) is 9.01. The van der Waals surface area contributed by atoms with Crippen molar-refractivity contribution >= 4 is 17.2 Å². The van der Waals surface area contributed by atoms with Crippen LogP contribution in [-0.4, -0.2) is 35.6 Å². The van der Waals surface area contributed by atoms with E-state index in [2.05, 4.69) is 30.4 Å². The summed E-state index contributed by atoms with van der Waals surface area (Å²) < 4.78 is 1.67. The second-order valence-corrected chi connectivity index (χ2v) is 6.62. The molecule has 8 nitrogen and oxygen atoms in total. The second kappa shape index (κ2) is 7.42. The highest BCUT2D eigenvalue weighted by Gasteiger charge is 2.18. The molecule has 4 aromatic heterocycles. The zero-order valence-corrected chi connectivity index (χ0v) is 15.2. The summed E-state index contributed by atoms with van der Waals surface area (Å²) in [6, 6.07) is 7.30. The molecule has 134 valence electrons. The third-order valence-corrected chi connectivity index (χ3v) is 4.94. The van der Waals surface area contributed by atoms with E-state index < -0.39 is 0 Å². The van der Waals surface area contributed by atoms with Gasteiger partial charge in [0, 0.05) is 43.1 Å². The molecule has 4 rings (SSSR count). The molecule has 27 heavy (non-hydrogen) atoms. The van der Waals surface area contributed by atoms with E-state index in [0.29, 0.717) is 33.8 Å². The van der Waals surface area contributed by atoms with Crippen molar-refractivity contribution in [3.05, 3.63) is 71.4 Å². The van der Waals surface area contributed by atoms with Crippen LogP contribution >= 0.6 is 11.3 Å². The Bertz CT molecular complexity index is 1060. The van der Waals surface area contributed by atoms with E-state index in [1.54, 1.807) is 42.5 Å². The van der Waals surface area contributed by atoms with Crippen molar-refractivity contribution in [2.45, 2.75) is 13.5 Å². The molecule has 0 aliphatic rings. The summed E-state index contributed by atoms with van der Waals surface area (Å²) in [6.45, 7) is 2.13. The number of rotatable bonds is 5. The lowest BCUT2D eigenvalue weighted by molar-refractivity contribution is 0.0954. The van der Waals surface area contributed by atoms with Gasteiger partial charge in [-0.15, -0.1) is 11.3 Å². The molecule has 0 aromatic carbocycles. The van der Waals surface area contributed by atoms with Gasteiger partial charge in [0.25, 0.3) is 5.91 Å². The summed E-state index contributed by atoms with van der Waals surface area (Å²) >= 11 is 1.28. The molecule has 1 N–H and O–H groups in total. The van der Waals surface area contributed by atoms with E-state index in [1.807, 2.05) is 24.4 Å². The number of aromatic nitrogens is 6. The zero-order valence-electron chi connectivity index (χ0n) is 14.4. The van der Waals surface area contributed by atoms with Crippen molar-refractivity contribution in [3.63, 3.8) is 0 Å². The maximum absolute atomic E-state index is 12.7. The highest BCUT2D eigenvalue weighted by Crippen LogP contribution is 2.25. The molecule has 4 heterocycles. The van der Waals surface area contributed by atoms with Gasteiger partial charge in [-0.25, -0.2) is 24.6 Å². The fourth-order valence-corrected chi connectivity index (χ4v) is 3.47. The summed E-state index contributed by atoms with van der Waals surface area (Å²) in [5.74, 6) is 1.00. The van der Waals surface area contributed by atoms with Gasteiger partial charge in [0.05, 0.1) is 5.69 Å². The number of hydrogen-bond donors (Lipinski definition) is 1. The number of carbonyl (C=O) groups excluding carboxylic acids is 1. The van der Waals surface area contributed by atoms with Gasteiger partial charge in [0.15, 0.2) is 16.6 Å². The molecular weight excluding hydrogens is 362 g/mol. The van der Waals surface area contributed by atoms with Crippen LogP contribution in [0.5, 0.6) is 0 Å². The van der Waals surface area contributed by atoms with E-state index >= 15 is 0 Å². The van der Waals surface area contributed by atoms with Crippen LogP contribution in [0.15, 0.2) is 55.2 Å². The molecule has 0 atom stereocenters. The number of carbonyl (C=O) groups is 1. The Hall–Kier alpha value is -3.46. The lowest BCUT2D eigenvalue weighted by Gasteiger charge is -2.09. The first kappa shape index (κ1) is 17.0. The molecule has 0 aliphatic heterocycles. The minimum atomic E-state index is -0.192. The van der Waals surface area contributed by atoms with Gasteiger partial charge < -0.3 is 5.32 Å². The van der Waals surface area contributed by atoms with Gasteiger partial charge in [-0.1, -0.05) is 6.07 Å². The predicted octanol–water partition coefficient (Wildman–Crippen LogP) is 2.42. The first-order valence-electron chi connectivity index (χ1n) is 8.19. The zero-order chi connectivity index (χ0) is 18.6. The molecule has 4 aromatic rings. The lowest BCUT2D eigenvalue weighted by Crippen LogP contribution is -2.23. The summed E-state index contributed by atoms with van der Waals surface area (Å²) in [5, 5.41) is 7.76. The number of aryl methyl sites for hydroxylation is 1. The topological polar surface area (TPSA) is 98.5 Å². The largest absolute Gasteiger partial charge is 0.347 e. The third-order valence-electron chi connectivity index (χ3n) is 3.79. The highest BCUT2D eigenvalue weighted by atomic mass is 32.1. The van der Waals surface area contributed by atoms with Gasteiger partial charge in [-0.05, 0) is 25.1 Å². The lowest BCUT2D eigenvalue weighted by atomic mass is 10.2. The van der Waals surface area contributed by atoms with Gasteiger partial charge in [-0.3, -0.25) is 4.79 Å². The Labute approximate surface area is 159 Å². The molecule has 0 unspecified atom stereocenters. The van der Waals surface area contributed by atoms with Crippen molar-refractivity contribution in [1.29, 1.82) is 0 Å².